The van der Waals surface area contributed by atoms with E-state index in [0.717, 1.165) is 23.1 Å². The zero-order chi connectivity index (χ0) is 32.5. The van der Waals surface area contributed by atoms with Crippen LogP contribution in [-0.4, -0.2) is 42.1 Å². The van der Waals surface area contributed by atoms with Gasteiger partial charge in [-0.05, 0) is 93.1 Å². The Morgan fingerprint density at radius 1 is 0.911 bits per heavy atom. The summed E-state index contributed by atoms with van der Waals surface area (Å²) < 4.78 is 51.5. The van der Waals surface area contributed by atoms with Crippen molar-refractivity contribution >= 4 is 45.3 Å². The van der Waals surface area contributed by atoms with Gasteiger partial charge in [0.25, 0.3) is 10.0 Å². The molecule has 7 nitrogen and oxygen atoms in total. The Morgan fingerprint density at radius 2 is 1.56 bits per heavy atom. The maximum Gasteiger partial charge on any atom is 0.270 e. The lowest BCUT2D eigenvalue weighted by atomic mass is 10.0. The first-order chi connectivity index (χ1) is 21.4. The molecule has 2 aromatic carbocycles. The number of nitrogens with zero attached hydrogens (tertiary/aromatic N) is 4. The van der Waals surface area contributed by atoms with Gasteiger partial charge in [-0.1, -0.05) is 59.7 Å². The molecule has 238 valence electrons. The minimum absolute atomic E-state index is 0.164. The summed E-state index contributed by atoms with van der Waals surface area (Å²) >= 11 is 3.48. The summed E-state index contributed by atoms with van der Waals surface area (Å²) in [5, 5.41) is 5.60. The number of aromatic nitrogens is 4. The van der Waals surface area contributed by atoms with Crippen LogP contribution >= 0.6 is 15.9 Å². The number of halogens is 2. The molecule has 0 N–H and O–H groups in total. The average molecular weight is 712 g/mol. The van der Waals surface area contributed by atoms with Crippen LogP contribution in [0.25, 0.3) is 33.4 Å². The van der Waals surface area contributed by atoms with E-state index in [-0.39, 0.29) is 10.7 Å². The molecule has 11 heteroatoms. The van der Waals surface area contributed by atoms with E-state index in [9.17, 15) is 12.8 Å². The SMILES string of the molecule is CC(C)[Si](OCCCn1cc(-c2ccnc3c2cc(Br)n3S(=O)(=O)c2ccccc2)c(-c2ccc(F)cc2)n1)(C(C)C)C(C)C. The van der Waals surface area contributed by atoms with Gasteiger partial charge >= 0.3 is 0 Å². The van der Waals surface area contributed by atoms with Crippen LogP contribution in [0.3, 0.4) is 0 Å². The largest absolute Gasteiger partial charge is 0.416 e. The Hall–Kier alpha value is -3.12. The maximum absolute atomic E-state index is 13.9. The van der Waals surface area contributed by atoms with Crippen LogP contribution in [0.15, 0.2) is 88.6 Å². The molecule has 0 atom stereocenters. The molecule has 0 radical (unpaired) electrons. The Balaban J connectivity index is 1.54. The third-order valence-electron chi connectivity index (χ3n) is 8.66. The van der Waals surface area contributed by atoms with E-state index in [4.69, 9.17) is 9.52 Å². The van der Waals surface area contributed by atoms with Gasteiger partial charge in [-0.25, -0.2) is 21.8 Å². The fraction of sp³-hybridized carbons (Fsp3) is 0.353. The summed E-state index contributed by atoms with van der Waals surface area (Å²) in [6.45, 7) is 15.0. The van der Waals surface area contributed by atoms with Crippen molar-refractivity contribution in [2.45, 2.75) is 76.0 Å². The second kappa shape index (κ2) is 13.3. The van der Waals surface area contributed by atoms with Crippen molar-refractivity contribution in [1.29, 1.82) is 0 Å². The van der Waals surface area contributed by atoms with Gasteiger partial charge in [-0.3, -0.25) is 4.68 Å². The molecule has 0 saturated heterocycles. The van der Waals surface area contributed by atoms with Gasteiger partial charge in [-0.2, -0.15) is 5.10 Å². The minimum atomic E-state index is -3.93. The van der Waals surface area contributed by atoms with E-state index < -0.39 is 18.3 Å². The van der Waals surface area contributed by atoms with Gasteiger partial charge in [0, 0.05) is 42.1 Å². The first-order valence-corrected chi connectivity index (χ1v) is 19.7. The molecule has 5 aromatic rings. The zero-order valence-electron chi connectivity index (χ0n) is 26.5. The predicted molar refractivity (Wildman–Crippen MR) is 185 cm³/mol. The van der Waals surface area contributed by atoms with Gasteiger partial charge in [0.2, 0.25) is 0 Å². The highest BCUT2D eigenvalue weighted by molar-refractivity contribution is 9.10. The lowest BCUT2D eigenvalue weighted by Crippen LogP contribution is -2.48. The normalized spacial score (nSPS) is 12.7. The molecule has 0 bridgehead atoms. The summed E-state index contributed by atoms with van der Waals surface area (Å²) in [7, 11) is -5.91. The number of aryl methyl sites for hydroxylation is 1. The number of rotatable bonds is 12. The Kier molecular flexibility index (Phi) is 9.84. The summed E-state index contributed by atoms with van der Waals surface area (Å²) in [5.74, 6) is -0.330. The van der Waals surface area contributed by atoms with Crippen LogP contribution in [-0.2, 0) is 21.0 Å². The standard InChI is InChI=1S/C34H40BrFN4O3SSi/c1-23(2)45(24(3)4,25(5)6)43-20-10-19-39-22-31(33(38-39)26-13-15-27(36)16-14-26)29-17-18-37-34-30(29)21-32(35)40(34)44(41,42)28-11-8-7-9-12-28/h7-9,11-18,21-25H,10,19-20H2,1-6H3. The van der Waals surface area contributed by atoms with Crippen molar-refractivity contribution in [3.8, 4) is 22.4 Å². The molecule has 45 heavy (non-hydrogen) atoms. The molecule has 0 aliphatic rings. The average Bonchev–Trinajstić information content (AvgIpc) is 3.58. The summed E-state index contributed by atoms with van der Waals surface area (Å²) in [4.78, 5) is 4.65. The molecule has 0 unspecified atom stereocenters. The molecule has 3 aromatic heterocycles. The number of fused-ring (bicyclic) bond motifs is 1. The topological polar surface area (TPSA) is 79.0 Å². The second-order valence-corrected chi connectivity index (χ2v) is 20.4. The molecular weight excluding hydrogens is 671 g/mol. The first kappa shape index (κ1) is 33.2. The van der Waals surface area contributed by atoms with E-state index in [2.05, 4.69) is 62.5 Å². The molecule has 5 rings (SSSR count). The molecule has 3 heterocycles. The molecule has 0 aliphatic heterocycles. The highest BCUT2D eigenvalue weighted by atomic mass is 79.9. The van der Waals surface area contributed by atoms with Crippen molar-refractivity contribution in [2.24, 2.45) is 0 Å². The van der Waals surface area contributed by atoms with Gasteiger partial charge in [-0.15, -0.1) is 0 Å². The first-order valence-electron chi connectivity index (χ1n) is 15.3. The van der Waals surface area contributed by atoms with Gasteiger partial charge in [0.15, 0.2) is 14.0 Å². The van der Waals surface area contributed by atoms with E-state index in [1.54, 1.807) is 54.7 Å². The van der Waals surface area contributed by atoms with Crippen molar-refractivity contribution in [1.82, 2.24) is 18.7 Å². The summed E-state index contributed by atoms with van der Waals surface area (Å²) in [6.07, 6.45) is 4.37. The maximum atomic E-state index is 13.9. The lowest BCUT2D eigenvalue weighted by Gasteiger charge is -2.42. The Bertz CT molecular complexity index is 1870. The number of hydrogen-bond donors (Lipinski definition) is 0. The van der Waals surface area contributed by atoms with Crippen LogP contribution in [0.4, 0.5) is 4.39 Å². The van der Waals surface area contributed by atoms with E-state index >= 15 is 0 Å². The van der Waals surface area contributed by atoms with Crippen molar-refractivity contribution in [3.63, 3.8) is 0 Å². The van der Waals surface area contributed by atoms with E-state index in [1.165, 1.54) is 16.1 Å². The van der Waals surface area contributed by atoms with Crippen LogP contribution in [0.2, 0.25) is 16.6 Å². The van der Waals surface area contributed by atoms with Crippen LogP contribution in [0.5, 0.6) is 0 Å². The molecular formula is C34H40BrFN4O3SSi. The summed E-state index contributed by atoms with van der Waals surface area (Å²) in [5.41, 5.74) is 4.82. The van der Waals surface area contributed by atoms with Crippen molar-refractivity contribution in [2.75, 3.05) is 6.61 Å². The second-order valence-electron chi connectivity index (χ2n) is 12.3. The van der Waals surface area contributed by atoms with Gasteiger partial charge in [0.1, 0.15) is 16.1 Å². The van der Waals surface area contributed by atoms with Gasteiger partial charge < -0.3 is 4.43 Å². The molecule has 0 amide bonds. The molecule has 0 aliphatic carbocycles. The molecule has 0 saturated carbocycles. The summed E-state index contributed by atoms with van der Waals surface area (Å²) in [6, 6.07) is 18.2. The lowest BCUT2D eigenvalue weighted by molar-refractivity contribution is 0.263. The third-order valence-corrected chi connectivity index (χ3v) is 17.3. The number of benzene rings is 2. The van der Waals surface area contributed by atoms with E-state index in [0.29, 0.717) is 51.1 Å². The Morgan fingerprint density at radius 3 is 2.18 bits per heavy atom. The van der Waals surface area contributed by atoms with Crippen LogP contribution in [0.1, 0.15) is 48.0 Å². The molecule has 0 fully saturated rings. The van der Waals surface area contributed by atoms with Crippen molar-refractivity contribution < 1.29 is 17.2 Å². The predicted octanol–water partition coefficient (Wildman–Crippen LogP) is 9.29. The fourth-order valence-electron chi connectivity index (χ4n) is 6.74. The van der Waals surface area contributed by atoms with Crippen LogP contribution < -0.4 is 0 Å². The monoisotopic (exact) mass is 710 g/mol. The van der Waals surface area contributed by atoms with Gasteiger partial charge in [0.05, 0.1) is 4.90 Å². The fourth-order valence-corrected chi connectivity index (χ4v) is 14.6. The smallest absolute Gasteiger partial charge is 0.270 e. The van der Waals surface area contributed by atoms with Crippen molar-refractivity contribution in [3.05, 3.63) is 89.5 Å². The molecule has 0 spiro atoms. The number of pyridine rings is 1. The quantitative estimate of drug-likeness (QED) is 0.0953. The van der Waals surface area contributed by atoms with Crippen LogP contribution in [0, 0.1) is 5.82 Å². The minimum Gasteiger partial charge on any atom is -0.416 e. The Labute approximate surface area is 274 Å². The third kappa shape index (κ3) is 6.32. The number of hydrogen-bond acceptors (Lipinski definition) is 5. The highest BCUT2D eigenvalue weighted by Gasteiger charge is 2.44. The van der Waals surface area contributed by atoms with E-state index in [1.807, 2.05) is 16.9 Å². The highest BCUT2D eigenvalue weighted by Crippen LogP contribution is 2.42. The zero-order valence-corrected chi connectivity index (χ0v) is 29.9.